The number of aliphatic hydroxyl groups excluding tert-OH is 1. The molecule has 2 heterocycles. The molecule has 1 aliphatic carbocycles. The van der Waals surface area contributed by atoms with E-state index in [-0.39, 0.29) is 29.0 Å². The van der Waals surface area contributed by atoms with Gasteiger partial charge >= 0.3 is 6.18 Å². The Morgan fingerprint density at radius 1 is 1.24 bits per heavy atom. The van der Waals surface area contributed by atoms with Gasteiger partial charge < -0.3 is 15.2 Å². The molecule has 12 heteroatoms. The van der Waals surface area contributed by atoms with Gasteiger partial charge in [-0.25, -0.2) is 19.3 Å². The molecule has 1 fully saturated rings. The molecule has 34 heavy (non-hydrogen) atoms. The molecule has 1 aromatic carbocycles. The van der Waals surface area contributed by atoms with Crippen LogP contribution < -0.4 is 10.1 Å². The molecule has 7 nitrogen and oxygen atoms in total. The zero-order chi connectivity index (χ0) is 24.7. The highest BCUT2D eigenvalue weighted by Gasteiger charge is 2.45. The second kappa shape index (κ2) is 8.91. The summed E-state index contributed by atoms with van der Waals surface area (Å²) in [5.41, 5.74) is -0.803. The number of carbonyl (C=O) groups excluding carboxylic acids is 1. The van der Waals surface area contributed by atoms with Gasteiger partial charge in [0.1, 0.15) is 22.2 Å². The van der Waals surface area contributed by atoms with Gasteiger partial charge in [-0.15, -0.1) is 11.3 Å². The third-order valence-electron chi connectivity index (χ3n) is 5.35. The maximum atomic E-state index is 15.4. The average Bonchev–Trinajstić information content (AvgIpc) is 3.44. The van der Waals surface area contributed by atoms with Crippen molar-refractivity contribution < 1.29 is 32.2 Å². The minimum absolute atomic E-state index is 0.0695. The van der Waals surface area contributed by atoms with Crippen LogP contribution >= 0.6 is 11.3 Å². The first-order chi connectivity index (χ1) is 16.0. The van der Waals surface area contributed by atoms with Crippen molar-refractivity contribution in [3.63, 3.8) is 0 Å². The van der Waals surface area contributed by atoms with Gasteiger partial charge in [-0.2, -0.15) is 13.2 Å². The van der Waals surface area contributed by atoms with Crippen LogP contribution in [0.1, 0.15) is 52.4 Å². The summed E-state index contributed by atoms with van der Waals surface area (Å²) in [5, 5.41) is 12.5. The Bertz CT molecular complexity index is 1210. The standard InChI is InChI=1S/C22H20F4N4O3S/c1-11-7-27-19(34-11)16-6-14(33-21(10-31)3-4-21)5-15(17(16)23)18(32)30-12(2)13-8-28-20(29-9-13)22(24,25)26/h5-9,12,31H,3-4,10H2,1-2H3,(H,30,32). The first kappa shape index (κ1) is 24.0. The van der Waals surface area contributed by atoms with Gasteiger partial charge in [-0.1, -0.05) is 0 Å². The molecule has 0 spiro atoms. The van der Waals surface area contributed by atoms with E-state index in [1.165, 1.54) is 30.4 Å². The van der Waals surface area contributed by atoms with Crippen molar-refractivity contribution in [2.45, 2.75) is 44.5 Å². The predicted molar refractivity (Wildman–Crippen MR) is 115 cm³/mol. The number of benzene rings is 1. The van der Waals surface area contributed by atoms with Crippen molar-refractivity contribution in [3.8, 4) is 16.3 Å². The molecule has 0 saturated heterocycles. The fourth-order valence-electron chi connectivity index (χ4n) is 3.20. The number of nitrogens with one attached hydrogen (secondary N) is 1. The lowest BCUT2D eigenvalue weighted by atomic mass is 10.1. The molecule has 1 unspecified atom stereocenters. The molecule has 1 aliphatic rings. The Kier molecular flexibility index (Phi) is 6.30. The zero-order valence-corrected chi connectivity index (χ0v) is 18.9. The molecule has 0 aliphatic heterocycles. The number of thiazole rings is 1. The number of aryl methyl sites for hydroxylation is 1. The quantitative estimate of drug-likeness (QED) is 0.469. The molecule has 3 aromatic rings. The van der Waals surface area contributed by atoms with E-state index in [0.717, 1.165) is 17.3 Å². The summed E-state index contributed by atoms with van der Waals surface area (Å²) in [7, 11) is 0. The van der Waals surface area contributed by atoms with Crippen LogP contribution in [0.2, 0.25) is 0 Å². The van der Waals surface area contributed by atoms with Crippen molar-refractivity contribution in [3.05, 3.63) is 58.4 Å². The largest absolute Gasteiger partial charge is 0.485 e. The number of hydrogen-bond acceptors (Lipinski definition) is 7. The van der Waals surface area contributed by atoms with Crippen LogP contribution in [-0.4, -0.2) is 38.2 Å². The number of carbonyl (C=O) groups is 1. The second-order valence-electron chi connectivity index (χ2n) is 8.08. The summed E-state index contributed by atoms with van der Waals surface area (Å²) in [6, 6.07) is 1.87. The lowest BCUT2D eigenvalue weighted by Gasteiger charge is -2.19. The molecule has 2 aromatic heterocycles. The van der Waals surface area contributed by atoms with Gasteiger partial charge in [0.2, 0.25) is 5.82 Å². The van der Waals surface area contributed by atoms with E-state index in [4.69, 9.17) is 4.74 Å². The Morgan fingerprint density at radius 3 is 2.44 bits per heavy atom. The van der Waals surface area contributed by atoms with Gasteiger partial charge in [0.05, 0.1) is 23.8 Å². The average molecular weight is 496 g/mol. The molecule has 1 saturated carbocycles. The van der Waals surface area contributed by atoms with E-state index in [1.807, 2.05) is 6.92 Å². The van der Waals surface area contributed by atoms with Crippen LogP contribution in [-0.2, 0) is 6.18 Å². The van der Waals surface area contributed by atoms with Crippen LogP contribution in [0.4, 0.5) is 17.6 Å². The SMILES string of the molecule is Cc1cnc(-c2cc(OC3(CO)CC3)cc(C(=O)NC(C)c3cnc(C(F)(F)F)nc3)c2F)s1. The summed E-state index contributed by atoms with van der Waals surface area (Å²) >= 11 is 1.24. The Labute approximate surface area is 195 Å². The molecular weight excluding hydrogens is 476 g/mol. The Hall–Kier alpha value is -3.12. The number of rotatable bonds is 7. The number of aromatic nitrogens is 3. The van der Waals surface area contributed by atoms with E-state index < -0.39 is 35.4 Å². The normalized spacial score (nSPS) is 15.6. The van der Waals surface area contributed by atoms with E-state index in [9.17, 15) is 23.1 Å². The summed E-state index contributed by atoms with van der Waals surface area (Å²) in [6.07, 6.45) is 0.0529. The highest BCUT2D eigenvalue weighted by molar-refractivity contribution is 7.14. The third-order valence-corrected chi connectivity index (χ3v) is 6.29. The number of alkyl halides is 3. The molecule has 2 N–H and O–H groups in total. The highest BCUT2D eigenvalue weighted by Crippen LogP contribution is 2.42. The summed E-state index contributed by atoms with van der Waals surface area (Å²) in [6.45, 7) is 3.10. The summed E-state index contributed by atoms with van der Waals surface area (Å²) in [5.74, 6) is -2.72. The first-order valence-corrected chi connectivity index (χ1v) is 11.1. The van der Waals surface area contributed by atoms with Crippen LogP contribution in [0, 0.1) is 12.7 Å². The van der Waals surface area contributed by atoms with Crippen LogP contribution in [0.3, 0.4) is 0 Å². The fourth-order valence-corrected chi connectivity index (χ4v) is 3.98. The molecule has 0 bridgehead atoms. The van der Waals surface area contributed by atoms with Gasteiger partial charge in [0, 0.05) is 29.0 Å². The van der Waals surface area contributed by atoms with Crippen LogP contribution in [0.5, 0.6) is 5.75 Å². The fraction of sp³-hybridized carbons (Fsp3) is 0.364. The second-order valence-corrected chi connectivity index (χ2v) is 9.32. The molecule has 0 radical (unpaired) electrons. The van der Waals surface area contributed by atoms with E-state index >= 15 is 4.39 Å². The predicted octanol–water partition coefficient (Wildman–Crippen LogP) is 4.46. The topological polar surface area (TPSA) is 97.2 Å². The zero-order valence-electron chi connectivity index (χ0n) is 18.1. The smallest absolute Gasteiger partial charge is 0.451 e. The number of ether oxygens (including phenoxy) is 1. The van der Waals surface area contributed by atoms with E-state index in [0.29, 0.717) is 17.8 Å². The maximum Gasteiger partial charge on any atom is 0.451 e. The van der Waals surface area contributed by atoms with E-state index in [1.54, 1.807) is 6.20 Å². The minimum Gasteiger partial charge on any atom is -0.485 e. The molecule has 1 atom stereocenters. The van der Waals surface area contributed by atoms with Gasteiger partial charge in [0.15, 0.2) is 0 Å². The first-order valence-electron chi connectivity index (χ1n) is 10.3. The molecular formula is C22H20F4N4O3S. The molecule has 4 rings (SSSR count). The minimum atomic E-state index is -4.69. The number of halogens is 4. The number of aliphatic hydroxyl groups is 1. The van der Waals surface area contributed by atoms with Crippen molar-refractivity contribution in [1.29, 1.82) is 0 Å². The van der Waals surface area contributed by atoms with E-state index in [2.05, 4.69) is 20.3 Å². The number of amides is 1. The summed E-state index contributed by atoms with van der Waals surface area (Å²) in [4.78, 5) is 24.6. The Morgan fingerprint density at radius 2 is 1.91 bits per heavy atom. The van der Waals surface area contributed by atoms with Crippen molar-refractivity contribution in [2.24, 2.45) is 0 Å². The summed E-state index contributed by atoms with van der Waals surface area (Å²) < 4.78 is 59.4. The number of nitrogens with zero attached hydrogens (tertiary/aromatic N) is 3. The molecule has 180 valence electrons. The third kappa shape index (κ3) is 5.02. The van der Waals surface area contributed by atoms with Crippen LogP contribution in [0.25, 0.3) is 10.6 Å². The van der Waals surface area contributed by atoms with Gasteiger partial charge in [-0.3, -0.25) is 4.79 Å². The van der Waals surface area contributed by atoms with Crippen molar-refractivity contribution >= 4 is 17.2 Å². The van der Waals surface area contributed by atoms with Gasteiger partial charge in [0.25, 0.3) is 5.91 Å². The molecule has 1 amide bonds. The maximum absolute atomic E-state index is 15.4. The number of hydrogen-bond donors (Lipinski definition) is 2. The van der Waals surface area contributed by atoms with Crippen molar-refractivity contribution in [2.75, 3.05) is 6.61 Å². The monoisotopic (exact) mass is 496 g/mol. The van der Waals surface area contributed by atoms with Crippen LogP contribution in [0.15, 0.2) is 30.7 Å². The van der Waals surface area contributed by atoms with Crippen molar-refractivity contribution in [1.82, 2.24) is 20.3 Å². The Balaban J connectivity index is 1.63. The van der Waals surface area contributed by atoms with Gasteiger partial charge in [-0.05, 0) is 38.8 Å². The highest BCUT2D eigenvalue weighted by atomic mass is 32.1. The lowest BCUT2D eigenvalue weighted by Crippen LogP contribution is -2.28. The lowest BCUT2D eigenvalue weighted by molar-refractivity contribution is -0.145.